The van der Waals surface area contributed by atoms with Crippen LogP contribution in [-0.2, 0) is 0 Å². The monoisotopic (exact) mass is 490 g/mol. The molecule has 0 spiro atoms. The number of H-pyrrole nitrogens is 1. The van der Waals surface area contributed by atoms with Crippen LogP contribution in [0.3, 0.4) is 0 Å². The molecule has 1 aliphatic rings. The number of carbonyl (C=O) groups is 1. The Morgan fingerprint density at radius 1 is 1.22 bits per heavy atom. The van der Waals surface area contributed by atoms with Crippen molar-refractivity contribution >= 4 is 57.8 Å². The van der Waals surface area contributed by atoms with E-state index in [1.165, 1.54) is 23.9 Å². The Bertz CT molecular complexity index is 1410. The van der Waals surface area contributed by atoms with E-state index in [4.69, 9.17) is 11.6 Å². The van der Waals surface area contributed by atoms with Crippen molar-refractivity contribution in [2.24, 2.45) is 0 Å². The maximum absolute atomic E-state index is 14.9. The number of amides is 1. The number of hydrogen-bond donors (Lipinski definition) is 3. The third-order valence-corrected chi connectivity index (χ3v) is 6.91. The molecule has 0 aliphatic carbocycles. The van der Waals surface area contributed by atoms with Gasteiger partial charge in [-0.2, -0.15) is 0 Å². The Morgan fingerprint density at radius 3 is 2.75 bits per heavy atom. The van der Waals surface area contributed by atoms with Crippen molar-refractivity contribution in [2.75, 3.05) is 12.4 Å². The Labute approximate surface area is 194 Å². The number of carbonyl (C=O) groups excluding carboxylic acids is 1. The van der Waals surface area contributed by atoms with Crippen LogP contribution in [0.15, 0.2) is 66.7 Å². The SMILES string of the molecule is CNc1ccc2c(=O)n(-c3ccc(C(=O)NSC4=CCC=C(Cl)S4)cc3F)c(=O)[nH]c2c1. The number of nitrogens with one attached hydrogen (secondary N) is 3. The Morgan fingerprint density at radius 2 is 2.03 bits per heavy atom. The molecule has 0 atom stereocenters. The molecular formula is C21H16ClFN4O3S2. The average molecular weight is 491 g/mol. The minimum atomic E-state index is -0.876. The van der Waals surface area contributed by atoms with Crippen LogP contribution in [-0.4, -0.2) is 22.5 Å². The fraction of sp³-hybridized carbons (Fsp3) is 0.0952. The summed E-state index contributed by atoms with van der Waals surface area (Å²) in [5.74, 6) is -1.40. The molecular weight excluding hydrogens is 475 g/mol. The molecule has 0 bridgehead atoms. The van der Waals surface area contributed by atoms with Crippen LogP contribution in [0.5, 0.6) is 0 Å². The molecule has 0 saturated carbocycles. The second-order valence-electron chi connectivity index (χ2n) is 6.65. The highest BCUT2D eigenvalue weighted by Crippen LogP contribution is 2.38. The Kier molecular flexibility index (Phi) is 6.45. The molecule has 11 heteroatoms. The van der Waals surface area contributed by atoms with Crippen molar-refractivity contribution in [3.05, 3.63) is 89.4 Å². The third kappa shape index (κ3) is 4.47. The summed E-state index contributed by atoms with van der Waals surface area (Å²) >= 11 is 8.36. The van der Waals surface area contributed by atoms with Gasteiger partial charge in [0.25, 0.3) is 11.5 Å². The van der Waals surface area contributed by atoms with Crippen LogP contribution >= 0.6 is 35.3 Å². The van der Waals surface area contributed by atoms with E-state index in [1.54, 1.807) is 25.2 Å². The van der Waals surface area contributed by atoms with E-state index in [1.807, 2.05) is 12.2 Å². The van der Waals surface area contributed by atoms with Gasteiger partial charge in [0.05, 0.1) is 25.2 Å². The molecule has 2 heterocycles. The first-order valence-electron chi connectivity index (χ1n) is 9.35. The largest absolute Gasteiger partial charge is 0.388 e. The molecule has 0 saturated heterocycles. The summed E-state index contributed by atoms with van der Waals surface area (Å²) in [6, 6.07) is 8.41. The topological polar surface area (TPSA) is 96.0 Å². The molecule has 7 nitrogen and oxygen atoms in total. The van der Waals surface area contributed by atoms with Crippen LogP contribution in [0.2, 0.25) is 0 Å². The molecule has 164 valence electrons. The fourth-order valence-electron chi connectivity index (χ4n) is 3.07. The summed E-state index contributed by atoms with van der Waals surface area (Å²) in [5.41, 5.74) is -0.599. The summed E-state index contributed by atoms with van der Waals surface area (Å²) in [6.07, 6.45) is 4.42. The van der Waals surface area contributed by atoms with Crippen molar-refractivity contribution in [2.45, 2.75) is 6.42 Å². The summed E-state index contributed by atoms with van der Waals surface area (Å²) in [7, 11) is 1.71. The number of aromatic amines is 1. The van der Waals surface area contributed by atoms with Crippen molar-refractivity contribution in [3.8, 4) is 5.69 Å². The number of anilines is 1. The van der Waals surface area contributed by atoms with E-state index in [0.717, 1.165) is 22.3 Å². The normalized spacial score (nSPS) is 13.5. The maximum atomic E-state index is 14.9. The average Bonchev–Trinajstić information content (AvgIpc) is 2.78. The molecule has 1 aromatic heterocycles. The highest BCUT2D eigenvalue weighted by atomic mass is 35.5. The first kappa shape index (κ1) is 22.3. The summed E-state index contributed by atoms with van der Waals surface area (Å²) in [4.78, 5) is 40.4. The molecule has 32 heavy (non-hydrogen) atoms. The summed E-state index contributed by atoms with van der Waals surface area (Å²) in [5, 5.41) is 3.15. The van der Waals surface area contributed by atoms with Gasteiger partial charge in [-0.05, 0) is 54.8 Å². The smallest absolute Gasteiger partial charge is 0.333 e. The van der Waals surface area contributed by atoms with Crippen molar-refractivity contribution < 1.29 is 9.18 Å². The van der Waals surface area contributed by atoms with Crippen LogP contribution in [0.25, 0.3) is 16.6 Å². The third-order valence-electron chi connectivity index (χ3n) is 4.64. The van der Waals surface area contributed by atoms with E-state index in [2.05, 4.69) is 15.0 Å². The molecule has 0 fully saturated rings. The van der Waals surface area contributed by atoms with Gasteiger partial charge in [-0.25, -0.2) is 13.8 Å². The number of fused-ring (bicyclic) bond motifs is 1. The lowest BCUT2D eigenvalue weighted by atomic mass is 10.1. The van der Waals surface area contributed by atoms with Gasteiger partial charge in [0.1, 0.15) is 5.82 Å². The Balaban J connectivity index is 1.61. The zero-order chi connectivity index (χ0) is 22.8. The predicted octanol–water partition coefficient (Wildman–Crippen LogP) is 4.30. The zero-order valence-electron chi connectivity index (χ0n) is 16.6. The van der Waals surface area contributed by atoms with E-state index in [9.17, 15) is 18.8 Å². The highest BCUT2D eigenvalue weighted by Gasteiger charge is 2.17. The number of hydrogen-bond acceptors (Lipinski definition) is 6. The molecule has 0 radical (unpaired) electrons. The molecule has 3 N–H and O–H groups in total. The minimum Gasteiger partial charge on any atom is -0.388 e. The predicted molar refractivity (Wildman–Crippen MR) is 129 cm³/mol. The van der Waals surface area contributed by atoms with Gasteiger partial charge in [0.2, 0.25) is 0 Å². The summed E-state index contributed by atoms with van der Waals surface area (Å²) < 4.78 is 19.6. The Hall–Kier alpha value is -2.95. The van der Waals surface area contributed by atoms with Crippen LogP contribution in [0.4, 0.5) is 10.1 Å². The van der Waals surface area contributed by atoms with E-state index < -0.39 is 23.0 Å². The van der Waals surface area contributed by atoms with Gasteiger partial charge in [-0.1, -0.05) is 35.5 Å². The molecule has 1 amide bonds. The number of allylic oxidation sites excluding steroid dienone is 2. The first-order valence-corrected chi connectivity index (χ1v) is 11.4. The van der Waals surface area contributed by atoms with Crippen LogP contribution < -0.4 is 21.3 Å². The van der Waals surface area contributed by atoms with Gasteiger partial charge in [0.15, 0.2) is 0 Å². The van der Waals surface area contributed by atoms with Gasteiger partial charge in [-0.3, -0.25) is 14.3 Å². The molecule has 1 aliphatic heterocycles. The molecule has 0 unspecified atom stereocenters. The second kappa shape index (κ2) is 9.27. The lowest BCUT2D eigenvalue weighted by Gasteiger charge is -2.12. The van der Waals surface area contributed by atoms with Gasteiger partial charge >= 0.3 is 5.69 Å². The number of rotatable bonds is 5. The first-order chi connectivity index (χ1) is 15.4. The number of halogens is 2. The van der Waals surface area contributed by atoms with Crippen LogP contribution in [0, 0.1) is 5.82 Å². The van der Waals surface area contributed by atoms with Crippen molar-refractivity contribution in [1.82, 2.24) is 14.3 Å². The highest BCUT2D eigenvalue weighted by molar-refractivity contribution is 8.24. The quantitative estimate of drug-likeness (QED) is 0.462. The number of benzene rings is 2. The number of thioether (sulfide) groups is 1. The lowest BCUT2D eigenvalue weighted by Crippen LogP contribution is -2.34. The zero-order valence-corrected chi connectivity index (χ0v) is 19.0. The number of aromatic nitrogens is 2. The number of nitrogens with zero attached hydrogens (tertiary/aromatic N) is 1. The van der Waals surface area contributed by atoms with E-state index >= 15 is 0 Å². The molecule has 2 aromatic carbocycles. The molecule has 4 rings (SSSR count). The van der Waals surface area contributed by atoms with Gasteiger partial charge in [-0.15, -0.1) is 0 Å². The maximum Gasteiger partial charge on any atom is 0.333 e. The fourth-order valence-corrected chi connectivity index (χ4v) is 5.15. The van der Waals surface area contributed by atoms with Crippen molar-refractivity contribution in [1.29, 1.82) is 0 Å². The minimum absolute atomic E-state index is 0.0470. The van der Waals surface area contributed by atoms with Crippen molar-refractivity contribution in [3.63, 3.8) is 0 Å². The summed E-state index contributed by atoms with van der Waals surface area (Å²) in [6.45, 7) is 0. The van der Waals surface area contributed by atoms with Crippen LogP contribution in [0.1, 0.15) is 16.8 Å². The second-order valence-corrected chi connectivity index (χ2v) is 9.47. The molecule has 3 aromatic rings. The van der Waals surface area contributed by atoms with E-state index in [0.29, 0.717) is 26.6 Å². The van der Waals surface area contributed by atoms with Gasteiger partial charge in [0, 0.05) is 18.3 Å². The standard InChI is InChI=1S/C21H16ClFN4O3S2/c1-24-12-6-7-13-15(10-12)25-21(30)27(20(13)29)16-8-5-11(9-14(16)23)19(28)26-32-18-4-2-3-17(22)31-18/h3-10,24H,2H2,1H3,(H,25,30)(H,26,28). The van der Waals surface area contributed by atoms with Gasteiger partial charge < -0.3 is 10.3 Å². The van der Waals surface area contributed by atoms with E-state index in [-0.39, 0.29) is 16.6 Å². The lowest BCUT2D eigenvalue weighted by molar-refractivity contribution is 0.0984.